The third-order valence-electron chi connectivity index (χ3n) is 12.0. The van der Waals surface area contributed by atoms with Crippen LogP contribution in [0.5, 0.6) is 0 Å². The molecule has 0 N–H and O–H groups in total. The molecule has 3 nitrogen and oxygen atoms in total. The van der Waals surface area contributed by atoms with Gasteiger partial charge in [-0.05, 0) is 117 Å². The Bertz CT molecular complexity index is 3500. The van der Waals surface area contributed by atoms with E-state index in [0.717, 1.165) is 61.2 Å². The maximum Gasteiger partial charge on any atom is 0.143 e. The van der Waals surface area contributed by atoms with Crippen LogP contribution in [0.3, 0.4) is 0 Å². The Morgan fingerprint density at radius 2 is 0.966 bits per heavy atom. The molecule has 0 aliphatic carbocycles. The normalized spacial score (nSPS) is 11.7. The molecule has 0 saturated carbocycles. The standard InChI is InChI=1S/C56H36N2O/c1-2-13-40-35-41(24-23-37(40)11-1)38-25-28-43(29-26-38)57(44-30-32-45(33-31-44)58-52-20-7-5-17-49(52)50-18-6-8-21-53(50)58)46-15-9-14-42(36-46)47-19-10-22-54-55(47)51-34-27-39-12-3-4-16-48(39)56(51)59-54/h1-36H. The molecule has 3 heteroatoms. The van der Waals surface area contributed by atoms with E-state index < -0.39 is 0 Å². The van der Waals surface area contributed by atoms with Gasteiger partial charge in [0.2, 0.25) is 0 Å². The molecule has 0 aliphatic rings. The molecule has 12 aromatic rings. The summed E-state index contributed by atoms with van der Waals surface area (Å²) in [4.78, 5) is 2.37. The van der Waals surface area contributed by atoms with Crippen LogP contribution in [0.15, 0.2) is 223 Å². The Kier molecular flexibility index (Phi) is 7.54. The molecule has 59 heavy (non-hydrogen) atoms. The van der Waals surface area contributed by atoms with Gasteiger partial charge in [-0.25, -0.2) is 0 Å². The van der Waals surface area contributed by atoms with Crippen LogP contribution in [0.25, 0.3) is 93.2 Å². The van der Waals surface area contributed by atoms with Gasteiger partial charge in [-0.1, -0.05) is 140 Å². The summed E-state index contributed by atoms with van der Waals surface area (Å²) in [5.74, 6) is 0. The monoisotopic (exact) mass is 752 g/mol. The average molecular weight is 753 g/mol. The Morgan fingerprint density at radius 1 is 0.356 bits per heavy atom. The summed E-state index contributed by atoms with van der Waals surface area (Å²) in [6, 6.07) is 78.7. The zero-order valence-electron chi connectivity index (χ0n) is 32.1. The SMILES string of the molecule is c1cc(-c2cccc3oc4c5ccccc5ccc4c23)cc(N(c2ccc(-c3ccc4ccccc4c3)cc2)c2ccc(-n3c4ccccc4c4ccccc43)cc2)c1. The van der Waals surface area contributed by atoms with Gasteiger partial charge in [0.15, 0.2) is 0 Å². The van der Waals surface area contributed by atoms with Crippen LogP contribution in [0, 0.1) is 0 Å². The fraction of sp³-hybridized carbons (Fsp3) is 0. The number of anilines is 3. The number of hydrogen-bond acceptors (Lipinski definition) is 2. The summed E-state index contributed by atoms with van der Waals surface area (Å²) >= 11 is 0. The first kappa shape index (κ1) is 33.3. The quantitative estimate of drug-likeness (QED) is 0.169. The minimum atomic E-state index is 0.890. The van der Waals surface area contributed by atoms with Crippen LogP contribution in [0.2, 0.25) is 0 Å². The van der Waals surface area contributed by atoms with Crippen molar-refractivity contribution >= 4 is 82.4 Å². The lowest BCUT2D eigenvalue weighted by atomic mass is 9.97. The van der Waals surface area contributed by atoms with E-state index in [1.54, 1.807) is 0 Å². The molecule has 0 amide bonds. The van der Waals surface area contributed by atoms with Crippen LogP contribution in [0.4, 0.5) is 17.1 Å². The average Bonchev–Trinajstić information content (AvgIpc) is 3.86. The summed E-state index contributed by atoms with van der Waals surface area (Å²) in [5.41, 5.74) is 13.2. The van der Waals surface area contributed by atoms with E-state index in [2.05, 4.69) is 228 Å². The predicted molar refractivity (Wildman–Crippen MR) is 249 cm³/mol. The molecular formula is C56H36N2O. The van der Waals surface area contributed by atoms with E-state index in [-0.39, 0.29) is 0 Å². The number of aromatic nitrogens is 1. The second-order valence-corrected chi connectivity index (χ2v) is 15.3. The van der Waals surface area contributed by atoms with Crippen molar-refractivity contribution in [3.05, 3.63) is 218 Å². The van der Waals surface area contributed by atoms with E-state index in [0.29, 0.717) is 0 Å². The highest BCUT2D eigenvalue weighted by molar-refractivity contribution is 6.19. The molecule has 2 aromatic heterocycles. The zero-order chi connectivity index (χ0) is 38.9. The van der Waals surface area contributed by atoms with Gasteiger partial charge < -0.3 is 13.9 Å². The molecule has 2 heterocycles. The molecule has 0 radical (unpaired) electrons. The molecule has 0 unspecified atom stereocenters. The molecule has 12 rings (SSSR count). The number of benzene rings is 10. The van der Waals surface area contributed by atoms with Crippen LogP contribution < -0.4 is 4.90 Å². The highest BCUT2D eigenvalue weighted by Crippen LogP contribution is 2.43. The van der Waals surface area contributed by atoms with E-state index in [1.165, 1.54) is 49.1 Å². The maximum absolute atomic E-state index is 6.60. The zero-order valence-corrected chi connectivity index (χ0v) is 32.1. The molecule has 0 fully saturated rings. The third kappa shape index (κ3) is 5.44. The van der Waals surface area contributed by atoms with Gasteiger partial charge >= 0.3 is 0 Å². The Labute approximate surface area is 341 Å². The van der Waals surface area contributed by atoms with Gasteiger partial charge in [0.1, 0.15) is 11.2 Å². The Morgan fingerprint density at radius 3 is 1.73 bits per heavy atom. The van der Waals surface area contributed by atoms with Gasteiger partial charge in [0.25, 0.3) is 0 Å². The van der Waals surface area contributed by atoms with E-state index >= 15 is 0 Å². The van der Waals surface area contributed by atoms with Gasteiger partial charge in [-0.2, -0.15) is 0 Å². The van der Waals surface area contributed by atoms with Crippen LogP contribution in [-0.2, 0) is 0 Å². The minimum Gasteiger partial charge on any atom is -0.455 e. The lowest BCUT2D eigenvalue weighted by Gasteiger charge is -2.26. The fourth-order valence-corrected chi connectivity index (χ4v) is 9.18. The lowest BCUT2D eigenvalue weighted by Crippen LogP contribution is -2.10. The van der Waals surface area contributed by atoms with E-state index in [1.807, 2.05) is 0 Å². The summed E-state index contributed by atoms with van der Waals surface area (Å²) < 4.78 is 8.97. The first-order valence-corrected chi connectivity index (χ1v) is 20.2. The number of para-hydroxylation sites is 2. The van der Waals surface area contributed by atoms with Crippen molar-refractivity contribution in [3.8, 4) is 27.9 Å². The molecule has 0 aliphatic heterocycles. The van der Waals surface area contributed by atoms with Gasteiger partial charge in [0, 0.05) is 49.7 Å². The van der Waals surface area contributed by atoms with Crippen LogP contribution in [0.1, 0.15) is 0 Å². The highest BCUT2D eigenvalue weighted by Gasteiger charge is 2.19. The third-order valence-corrected chi connectivity index (χ3v) is 12.0. The van der Waals surface area contributed by atoms with Crippen LogP contribution in [-0.4, -0.2) is 4.57 Å². The maximum atomic E-state index is 6.60. The lowest BCUT2D eigenvalue weighted by molar-refractivity contribution is 0.673. The minimum absolute atomic E-state index is 0.890. The van der Waals surface area contributed by atoms with Gasteiger partial charge in [0.05, 0.1) is 11.0 Å². The van der Waals surface area contributed by atoms with Gasteiger partial charge in [-0.15, -0.1) is 0 Å². The second kappa shape index (κ2) is 13.4. The summed E-state index contributed by atoms with van der Waals surface area (Å²) in [6.07, 6.45) is 0. The number of fused-ring (bicyclic) bond motifs is 9. The van der Waals surface area contributed by atoms with Crippen molar-refractivity contribution in [2.75, 3.05) is 4.90 Å². The van der Waals surface area contributed by atoms with Crippen molar-refractivity contribution in [3.63, 3.8) is 0 Å². The molecule has 0 atom stereocenters. The van der Waals surface area contributed by atoms with Gasteiger partial charge in [-0.3, -0.25) is 0 Å². The predicted octanol–water partition coefficient (Wildman–Crippen LogP) is 15.8. The number of furan rings is 1. The second-order valence-electron chi connectivity index (χ2n) is 15.3. The van der Waals surface area contributed by atoms with Crippen molar-refractivity contribution in [2.45, 2.75) is 0 Å². The van der Waals surface area contributed by atoms with E-state index in [9.17, 15) is 0 Å². The number of hydrogen-bond donors (Lipinski definition) is 0. The first-order valence-electron chi connectivity index (χ1n) is 20.2. The smallest absolute Gasteiger partial charge is 0.143 e. The Hall–Kier alpha value is -7.88. The summed E-state index contributed by atoms with van der Waals surface area (Å²) in [5, 5.41) is 9.56. The first-order chi connectivity index (χ1) is 29.2. The number of rotatable bonds is 6. The molecule has 0 bridgehead atoms. The summed E-state index contributed by atoms with van der Waals surface area (Å²) in [7, 11) is 0. The molecule has 10 aromatic carbocycles. The van der Waals surface area contributed by atoms with Crippen molar-refractivity contribution in [1.29, 1.82) is 0 Å². The molecule has 0 saturated heterocycles. The van der Waals surface area contributed by atoms with E-state index in [4.69, 9.17) is 4.42 Å². The summed E-state index contributed by atoms with van der Waals surface area (Å²) in [6.45, 7) is 0. The Balaban J connectivity index is 1.00. The van der Waals surface area contributed by atoms with Crippen molar-refractivity contribution < 1.29 is 4.42 Å². The van der Waals surface area contributed by atoms with Crippen LogP contribution >= 0.6 is 0 Å². The fourth-order valence-electron chi connectivity index (χ4n) is 9.18. The van der Waals surface area contributed by atoms with Crippen molar-refractivity contribution in [2.24, 2.45) is 0 Å². The largest absolute Gasteiger partial charge is 0.455 e. The highest BCUT2D eigenvalue weighted by atomic mass is 16.3. The number of nitrogens with zero attached hydrogens (tertiary/aromatic N) is 2. The topological polar surface area (TPSA) is 21.3 Å². The molecular weight excluding hydrogens is 717 g/mol. The molecule has 0 spiro atoms. The molecule has 276 valence electrons. The van der Waals surface area contributed by atoms with Crippen molar-refractivity contribution in [1.82, 2.24) is 4.57 Å².